The molecule has 1 unspecified atom stereocenters. The van der Waals surface area contributed by atoms with Crippen molar-refractivity contribution in [1.82, 2.24) is 14.9 Å². The fraction of sp³-hybridized carbons (Fsp3) is 0.600. The number of aromatic nitrogens is 2. The van der Waals surface area contributed by atoms with Crippen molar-refractivity contribution in [2.24, 2.45) is 5.92 Å². The summed E-state index contributed by atoms with van der Waals surface area (Å²) in [7, 11) is 6.22. The van der Waals surface area contributed by atoms with Gasteiger partial charge in [-0.25, -0.2) is 4.98 Å². The Morgan fingerprint density at radius 1 is 1.48 bits per heavy atom. The highest BCUT2D eigenvalue weighted by Crippen LogP contribution is 2.32. The standard InChI is InChI=1S/C15H23N5S/c1-10-7-12-13(17-15(16-2)18-14(12)21-10)20(4)9-11-5-6-19(3)8-11/h7,11H,5-6,8-9H2,1-4H3,(H,16,17,18). The quantitative estimate of drug-likeness (QED) is 0.940. The van der Waals surface area contributed by atoms with Crippen LogP contribution < -0.4 is 10.2 Å². The predicted octanol–water partition coefficient (Wildman–Crippen LogP) is 2.43. The number of anilines is 2. The molecule has 3 heterocycles. The van der Waals surface area contributed by atoms with E-state index >= 15 is 0 Å². The molecule has 0 bridgehead atoms. The Labute approximate surface area is 130 Å². The first-order valence-electron chi connectivity index (χ1n) is 7.42. The maximum absolute atomic E-state index is 4.69. The van der Waals surface area contributed by atoms with E-state index in [4.69, 9.17) is 4.98 Å². The number of nitrogens with one attached hydrogen (secondary N) is 1. The number of hydrogen-bond acceptors (Lipinski definition) is 6. The second-order valence-corrected chi connectivity index (χ2v) is 7.23. The summed E-state index contributed by atoms with van der Waals surface area (Å²) in [6.45, 7) is 5.56. The molecule has 21 heavy (non-hydrogen) atoms. The Morgan fingerprint density at radius 2 is 2.29 bits per heavy atom. The van der Waals surface area contributed by atoms with Crippen LogP contribution in [0.5, 0.6) is 0 Å². The first kappa shape index (κ1) is 14.5. The van der Waals surface area contributed by atoms with E-state index in [1.807, 2.05) is 7.05 Å². The van der Waals surface area contributed by atoms with Gasteiger partial charge in [0.2, 0.25) is 5.95 Å². The molecule has 5 nitrogen and oxygen atoms in total. The van der Waals surface area contributed by atoms with Crippen molar-refractivity contribution >= 4 is 33.3 Å². The smallest absolute Gasteiger partial charge is 0.225 e. The molecule has 6 heteroatoms. The molecule has 3 rings (SSSR count). The minimum atomic E-state index is 0.703. The van der Waals surface area contributed by atoms with Crippen LogP contribution in [0.25, 0.3) is 10.2 Å². The second kappa shape index (κ2) is 5.77. The molecule has 0 amide bonds. The lowest BCUT2D eigenvalue weighted by molar-refractivity contribution is 0.396. The van der Waals surface area contributed by atoms with Gasteiger partial charge in [0.25, 0.3) is 0 Å². The van der Waals surface area contributed by atoms with Crippen LogP contribution in [0.15, 0.2) is 6.07 Å². The molecule has 1 atom stereocenters. The Bertz CT molecular complexity index is 638. The largest absolute Gasteiger partial charge is 0.359 e. The summed E-state index contributed by atoms with van der Waals surface area (Å²) in [5.41, 5.74) is 0. The number of thiophene rings is 1. The maximum atomic E-state index is 4.69. The highest BCUT2D eigenvalue weighted by Gasteiger charge is 2.22. The van der Waals surface area contributed by atoms with E-state index in [1.54, 1.807) is 11.3 Å². The van der Waals surface area contributed by atoms with E-state index in [0.717, 1.165) is 23.1 Å². The van der Waals surface area contributed by atoms with Crippen molar-refractivity contribution < 1.29 is 0 Å². The molecule has 0 aromatic carbocycles. The van der Waals surface area contributed by atoms with Gasteiger partial charge in [0.1, 0.15) is 10.6 Å². The SMILES string of the molecule is CNc1nc(N(C)CC2CCN(C)C2)c2cc(C)sc2n1. The minimum Gasteiger partial charge on any atom is -0.359 e. The van der Waals surface area contributed by atoms with Gasteiger partial charge in [0, 0.05) is 32.1 Å². The van der Waals surface area contributed by atoms with E-state index < -0.39 is 0 Å². The average Bonchev–Trinajstić information content (AvgIpc) is 3.02. The van der Waals surface area contributed by atoms with Crippen molar-refractivity contribution in [2.45, 2.75) is 13.3 Å². The first-order chi connectivity index (χ1) is 10.1. The Morgan fingerprint density at radius 3 is 2.95 bits per heavy atom. The van der Waals surface area contributed by atoms with Crippen LogP contribution in [0.3, 0.4) is 0 Å². The van der Waals surface area contributed by atoms with E-state index in [2.05, 4.69) is 47.2 Å². The van der Waals surface area contributed by atoms with Gasteiger partial charge in [0.05, 0.1) is 5.39 Å². The third-order valence-electron chi connectivity index (χ3n) is 4.10. The van der Waals surface area contributed by atoms with E-state index in [1.165, 1.54) is 29.8 Å². The van der Waals surface area contributed by atoms with Gasteiger partial charge in [-0.2, -0.15) is 4.98 Å². The molecule has 114 valence electrons. The van der Waals surface area contributed by atoms with Crippen LogP contribution >= 0.6 is 11.3 Å². The summed E-state index contributed by atoms with van der Waals surface area (Å²) < 4.78 is 0. The van der Waals surface area contributed by atoms with Crippen LogP contribution in [-0.4, -0.2) is 55.6 Å². The molecule has 2 aromatic heterocycles. The fourth-order valence-electron chi connectivity index (χ4n) is 3.08. The third kappa shape index (κ3) is 2.96. The maximum Gasteiger partial charge on any atom is 0.225 e. The first-order valence-corrected chi connectivity index (χ1v) is 8.24. The molecular formula is C15H23N5S. The molecule has 0 radical (unpaired) electrons. The second-order valence-electron chi connectivity index (χ2n) is 5.99. The molecule has 1 aliphatic heterocycles. The highest BCUT2D eigenvalue weighted by molar-refractivity contribution is 7.18. The van der Waals surface area contributed by atoms with Crippen molar-refractivity contribution in [3.05, 3.63) is 10.9 Å². The number of fused-ring (bicyclic) bond motifs is 1. The average molecular weight is 305 g/mol. The third-order valence-corrected chi connectivity index (χ3v) is 5.05. The zero-order valence-corrected chi connectivity index (χ0v) is 14.0. The monoisotopic (exact) mass is 305 g/mol. The summed E-state index contributed by atoms with van der Waals surface area (Å²) in [5, 5.41) is 4.25. The molecular weight excluding hydrogens is 282 g/mol. The van der Waals surface area contributed by atoms with Crippen molar-refractivity contribution in [3.8, 4) is 0 Å². The van der Waals surface area contributed by atoms with Crippen LogP contribution in [0.2, 0.25) is 0 Å². The number of nitrogens with zero attached hydrogens (tertiary/aromatic N) is 4. The molecule has 1 saturated heterocycles. The molecule has 2 aromatic rings. The van der Waals surface area contributed by atoms with E-state index in [-0.39, 0.29) is 0 Å². The highest BCUT2D eigenvalue weighted by atomic mass is 32.1. The number of aryl methyl sites for hydroxylation is 1. The lowest BCUT2D eigenvalue weighted by Gasteiger charge is -2.23. The summed E-state index contributed by atoms with van der Waals surface area (Å²) in [4.78, 5) is 16.3. The summed E-state index contributed by atoms with van der Waals surface area (Å²) in [6.07, 6.45) is 1.27. The molecule has 1 fully saturated rings. The van der Waals surface area contributed by atoms with E-state index in [0.29, 0.717) is 5.95 Å². The van der Waals surface area contributed by atoms with Crippen molar-refractivity contribution in [1.29, 1.82) is 0 Å². The predicted molar refractivity (Wildman–Crippen MR) is 90.6 cm³/mol. The summed E-state index contributed by atoms with van der Waals surface area (Å²) in [5.74, 6) is 2.47. The van der Waals surface area contributed by atoms with Crippen molar-refractivity contribution in [3.63, 3.8) is 0 Å². The number of hydrogen-bond donors (Lipinski definition) is 1. The van der Waals surface area contributed by atoms with Gasteiger partial charge >= 0.3 is 0 Å². The van der Waals surface area contributed by atoms with Gasteiger partial charge in [-0.05, 0) is 38.9 Å². The Kier molecular flexibility index (Phi) is 3.99. The van der Waals surface area contributed by atoms with Crippen LogP contribution in [0.1, 0.15) is 11.3 Å². The minimum absolute atomic E-state index is 0.703. The lowest BCUT2D eigenvalue weighted by atomic mass is 10.1. The van der Waals surface area contributed by atoms with Gasteiger partial charge in [-0.3, -0.25) is 0 Å². The van der Waals surface area contributed by atoms with Crippen LogP contribution in [0, 0.1) is 12.8 Å². The molecule has 1 aliphatic rings. The van der Waals surface area contributed by atoms with Gasteiger partial charge in [-0.15, -0.1) is 11.3 Å². The zero-order chi connectivity index (χ0) is 15.0. The molecule has 0 saturated carbocycles. The Hall–Kier alpha value is -1.40. The zero-order valence-electron chi connectivity index (χ0n) is 13.2. The summed E-state index contributed by atoms with van der Waals surface area (Å²) >= 11 is 1.73. The molecule has 1 N–H and O–H groups in total. The van der Waals surface area contributed by atoms with E-state index in [9.17, 15) is 0 Å². The number of likely N-dealkylation sites (tertiary alicyclic amines) is 1. The Balaban J connectivity index is 1.90. The molecule has 0 spiro atoms. The fourth-order valence-corrected chi connectivity index (χ4v) is 3.95. The van der Waals surface area contributed by atoms with Gasteiger partial charge < -0.3 is 15.1 Å². The van der Waals surface area contributed by atoms with Crippen LogP contribution in [0.4, 0.5) is 11.8 Å². The van der Waals surface area contributed by atoms with Gasteiger partial charge in [0.15, 0.2) is 0 Å². The molecule has 0 aliphatic carbocycles. The van der Waals surface area contributed by atoms with Crippen LogP contribution in [-0.2, 0) is 0 Å². The van der Waals surface area contributed by atoms with Gasteiger partial charge in [-0.1, -0.05) is 0 Å². The van der Waals surface area contributed by atoms with Crippen molar-refractivity contribution in [2.75, 3.05) is 51.0 Å². The summed E-state index contributed by atoms with van der Waals surface area (Å²) in [6, 6.07) is 2.20. The lowest BCUT2D eigenvalue weighted by Crippen LogP contribution is -2.28. The topological polar surface area (TPSA) is 44.3 Å². The number of rotatable bonds is 4. The normalized spacial score (nSPS) is 19.3.